The van der Waals surface area contributed by atoms with E-state index in [1.807, 2.05) is 6.26 Å². The highest BCUT2D eigenvalue weighted by atomic mass is 32.2. The van der Waals surface area contributed by atoms with E-state index in [0.29, 0.717) is 23.2 Å². The van der Waals surface area contributed by atoms with Crippen LogP contribution in [0.25, 0.3) is 0 Å². The van der Waals surface area contributed by atoms with E-state index in [-0.39, 0.29) is 5.75 Å². The number of rotatable bonds is 8. The Morgan fingerprint density at radius 3 is 2.75 bits per heavy atom. The van der Waals surface area contributed by atoms with E-state index in [9.17, 15) is 13.2 Å². The Bertz CT molecular complexity index is 440. The molecule has 1 aromatic rings. The van der Waals surface area contributed by atoms with Crippen molar-refractivity contribution in [3.05, 3.63) is 6.20 Å². The van der Waals surface area contributed by atoms with Crippen molar-refractivity contribution < 1.29 is 13.2 Å². The molecule has 0 aliphatic rings. The Morgan fingerprint density at radius 2 is 2.15 bits per heavy atom. The second-order valence-electron chi connectivity index (χ2n) is 3.68. The Balaban J connectivity index is 2.63. The van der Waals surface area contributed by atoms with Crippen LogP contribution in [0, 0.1) is 0 Å². The first-order valence-electron chi connectivity index (χ1n) is 5.72. The third-order valence-corrected chi connectivity index (χ3v) is 3.61. The number of anilines is 1. The molecule has 0 bridgehead atoms. The topological polar surface area (TPSA) is 50.2 Å². The maximum Gasteiger partial charge on any atom is 0.389 e. The Kier molecular flexibility index (Phi) is 7.14. The van der Waals surface area contributed by atoms with Crippen LogP contribution in [0.3, 0.4) is 0 Å². The van der Waals surface area contributed by atoms with E-state index in [1.54, 1.807) is 11.8 Å². The number of halogens is 3. The summed E-state index contributed by atoms with van der Waals surface area (Å²) in [6, 6.07) is 0. The van der Waals surface area contributed by atoms with Crippen LogP contribution in [0.15, 0.2) is 16.3 Å². The number of thioether (sulfide) groups is 2. The second-order valence-corrected chi connectivity index (χ2v) is 5.73. The SMILES string of the molecule is C=Nc1cnc(SCCC(F)(F)F)nc1NCCSC. The van der Waals surface area contributed by atoms with Gasteiger partial charge in [0.05, 0.1) is 12.6 Å². The maximum atomic E-state index is 12.1. The standard InChI is InChI=1S/C11H15F3N4S2/c1-15-8-7-17-10(20-5-3-11(12,13)14)18-9(8)16-4-6-19-2/h7H,1,3-6H2,2H3,(H,16,17,18). The number of nitrogens with zero attached hydrogens (tertiary/aromatic N) is 3. The molecule has 0 atom stereocenters. The van der Waals surface area contributed by atoms with Crippen molar-refractivity contribution in [1.82, 2.24) is 9.97 Å². The van der Waals surface area contributed by atoms with Gasteiger partial charge in [-0.25, -0.2) is 9.97 Å². The van der Waals surface area contributed by atoms with E-state index in [1.165, 1.54) is 6.20 Å². The molecule has 4 nitrogen and oxygen atoms in total. The number of aliphatic imine (C=N–C) groups is 1. The van der Waals surface area contributed by atoms with E-state index in [4.69, 9.17) is 0 Å². The third kappa shape index (κ3) is 6.47. The maximum absolute atomic E-state index is 12.1. The van der Waals surface area contributed by atoms with Crippen molar-refractivity contribution in [2.45, 2.75) is 17.8 Å². The summed E-state index contributed by atoms with van der Waals surface area (Å²) in [5.74, 6) is 1.28. The van der Waals surface area contributed by atoms with Gasteiger partial charge in [0.25, 0.3) is 0 Å². The molecule has 0 saturated carbocycles. The van der Waals surface area contributed by atoms with Gasteiger partial charge in [-0.2, -0.15) is 24.9 Å². The Morgan fingerprint density at radius 1 is 1.40 bits per heavy atom. The van der Waals surface area contributed by atoms with Crippen LogP contribution in [0.2, 0.25) is 0 Å². The minimum absolute atomic E-state index is 0.103. The lowest BCUT2D eigenvalue weighted by atomic mass is 10.5. The van der Waals surface area contributed by atoms with E-state index >= 15 is 0 Å². The van der Waals surface area contributed by atoms with Gasteiger partial charge in [-0.05, 0) is 13.0 Å². The van der Waals surface area contributed by atoms with Gasteiger partial charge in [-0.1, -0.05) is 11.8 Å². The highest BCUT2D eigenvalue weighted by Crippen LogP contribution is 2.27. The smallest absolute Gasteiger partial charge is 0.367 e. The summed E-state index contributed by atoms with van der Waals surface area (Å²) in [5.41, 5.74) is 0.492. The molecule has 0 saturated heterocycles. The van der Waals surface area contributed by atoms with Crippen LogP contribution in [-0.4, -0.2) is 47.2 Å². The summed E-state index contributed by atoms with van der Waals surface area (Å²) in [5, 5.41) is 3.37. The molecule has 0 radical (unpaired) electrons. The zero-order chi connectivity index (χ0) is 15.0. The molecule has 1 aromatic heterocycles. The normalized spacial score (nSPS) is 11.4. The molecule has 0 unspecified atom stereocenters. The van der Waals surface area contributed by atoms with Crippen LogP contribution >= 0.6 is 23.5 Å². The highest BCUT2D eigenvalue weighted by Gasteiger charge is 2.26. The molecule has 0 fully saturated rings. The number of hydrogen-bond acceptors (Lipinski definition) is 6. The number of alkyl halides is 3. The summed E-state index contributed by atoms with van der Waals surface area (Å²) in [7, 11) is 0. The highest BCUT2D eigenvalue weighted by molar-refractivity contribution is 7.99. The molecule has 20 heavy (non-hydrogen) atoms. The van der Waals surface area contributed by atoms with Gasteiger partial charge in [0, 0.05) is 18.1 Å². The van der Waals surface area contributed by atoms with Gasteiger partial charge in [0.2, 0.25) is 0 Å². The summed E-state index contributed by atoms with van der Waals surface area (Å²) < 4.78 is 36.2. The lowest BCUT2D eigenvalue weighted by molar-refractivity contribution is -0.129. The van der Waals surface area contributed by atoms with E-state index < -0.39 is 12.6 Å². The number of aromatic nitrogens is 2. The monoisotopic (exact) mass is 324 g/mol. The zero-order valence-corrected chi connectivity index (χ0v) is 12.5. The molecule has 0 aliphatic heterocycles. The first-order valence-corrected chi connectivity index (χ1v) is 8.10. The zero-order valence-electron chi connectivity index (χ0n) is 10.9. The lowest BCUT2D eigenvalue weighted by Crippen LogP contribution is -2.09. The second kappa shape index (κ2) is 8.35. The third-order valence-electron chi connectivity index (χ3n) is 2.13. The molecular formula is C11H15F3N4S2. The average Bonchev–Trinajstić information content (AvgIpc) is 2.38. The molecule has 0 aliphatic carbocycles. The van der Waals surface area contributed by atoms with Gasteiger partial charge in [0.1, 0.15) is 5.69 Å². The van der Waals surface area contributed by atoms with Crippen molar-refractivity contribution in [2.75, 3.05) is 29.6 Å². The predicted molar refractivity (Wildman–Crippen MR) is 79.5 cm³/mol. The largest absolute Gasteiger partial charge is 0.389 e. The van der Waals surface area contributed by atoms with Crippen molar-refractivity contribution in [3.63, 3.8) is 0 Å². The van der Waals surface area contributed by atoms with Gasteiger partial charge < -0.3 is 5.32 Å². The van der Waals surface area contributed by atoms with Crippen molar-refractivity contribution in [1.29, 1.82) is 0 Å². The molecule has 1 N–H and O–H groups in total. The average molecular weight is 324 g/mol. The summed E-state index contributed by atoms with van der Waals surface area (Å²) in [6.07, 6.45) is -1.59. The Labute approximate surface area is 124 Å². The van der Waals surface area contributed by atoms with Crippen LogP contribution in [-0.2, 0) is 0 Å². The molecule has 9 heteroatoms. The predicted octanol–water partition coefficient (Wildman–Crippen LogP) is 3.63. The minimum atomic E-state index is -4.16. The molecular weight excluding hydrogens is 309 g/mol. The molecule has 112 valence electrons. The van der Waals surface area contributed by atoms with E-state index in [2.05, 4.69) is 27.0 Å². The fraction of sp³-hybridized carbons (Fsp3) is 0.545. The summed E-state index contributed by atoms with van der Waals surface area (Å²) in [6.45, 7) is 4.10. The van der Waals surface area contributed by atoms with Crippen molar-refractivity contribution >= 4 is 41.7 Å². The molecule has 0 spiro atoms. The molecule has 1 heterocycles. The molecule has 1 rings (SSSR count). The van der Waals surface area contributed by atoms with Crippen LogP contribution in [0.1, 0.15) is 6.42 Å². The van der Waals surface area contributed by atoms with Crippen molar-refractivity contribution in [3.8, 4) is 0 Å². The van der Waals surface area contributed by atoms with E-state index in [0.717, 1.165) is 17.5 Å². The minimum Gasteiger partial charge on any atom is -0.367 e. The van der Waals surface area contributed by atoms with Gasteiger partial charge in [-0.3, -0.25) is 4.99 Å². The summed E-state index contributed by atoms with van der Waals surface area (Å²) in [4.78, 5) is 11.9. The fourth-order valence-corrected chi connectivity index (χ4v) is 2.31. The van der Waals surface area contributed by atoms with Crippen LogP contribution in [0.4, 0.5) is 24.7 Å². The van der Waals surface area contributed by atoms with Gasteiger partial charge in [0.15, 0.2) is 11.0 Å². The van der Waals surface area contributed by atoms with Crippen LogP contribution in [0.5, 0.6) is 0 Å². The first kappa shape index (κ1) is 17.1. The number of nitrogens with one attached hydrogen (secondary N) is 1. The first-order chi connectivity index (χ1) is 9.46. The van der Waals surface area contributed by atoms with Crippen LogP contribution < -0.4 is 5.32 Å². The van der Waals surface area contributed by atoms with Crippen molar-refractivity contribution in [2.24, 2.45) is 4.99 Å². The molecule has 0 aromatic carbocycles. The van der Waals surface area contributed by atoms with Gasteiger partial charge in [-0.15, -0.1) is 0 Å². The molecule has 0 amide bonds. The quantitative estimate of drug-likeness (QED) is 0.342. The lowest BCUT2D eigenvalue weighted by Gasteiger charge is -2.09. The van der Waals surface area contributed by atoms with Gasteiger partial charge >= 0.3 is 6.18 Å². The Hall–Kier alpha value is -0.960. The fourth-order valence-electron chi connectivity index (χ4n) is 1.20. The number of hydrogen-bond donors (Lipinski definition) is 1. The summed E-state index contributed by atoms with van der Waals surface area (Å²) >= 11 is 2.64.